The number of hydrogen-bond acceptors (Lipinski definition) is 27. The Labute approximate surface area is 631 Å². The third-order valence-electron chi connectivity index (χ3n) is 16.7. The number of carbonyl (C=O) groups excluding carboxylic acids is 3. The molecule has 9 rings (SSSR count). The number of hydrogen-bond donors (Lipinski definition) is 6. The molecule has 18 atom stereocenters. The lowest BCUT2D eigenvalue weighted by Gasteiger charge is -2.24. The summed E-state index contributed by atoms with van der Waals surface area (Å²) in [7, 11) is -13.2. The molecule has 6 aromatic rings. The van der Waals surface area contributed by atoms with Crippen LogP contribution in [0.25, 0.3) is 0 Å². The number of aliphatic hydroxyl groups excluding tert-OH is 3. The van der Waals surface area contributed by atoms with Crippen LogP contribution in [0, 0.1) is 56.3 Å². The summed E-state index contributed by atoms with van der Waals surface area (Å²) in [5, 5.41) is 32.6. The van der Waals surface area contributed by atoms with Crippen molar-refractivity contribution < 1.29 is 107 Å². The van der Waals surface area contributed by atoms with Crippen molar-refractivity contribution in [3.05, 3.63) is 189 Å². The third kappa shape index (κ3) is 23.9. The van der Waals surface area contributed by atoms with Crippen LogP contribution in [-0.4, -0.2) is 155 Å². The number of benzene rings is 3. The van der Waals surface area contributed by atoms with Crippen molar-refractivity contribution in [3.8, 4) is 17.2 Å². The summed E-state index contributed by atoms with van der Waals surface area (Å²) in [6.45, 7) is 14.7. The van der Waals surface area contributed by atoms with E-state index in [2.05, 4.69) is 15.0 Å². The molecule has 36 heteroatoms. The van der Waals surface area contributed by atoms with E-state index in [9.17, 15) is 72.2 Å². The Morgan fingerprint density at radius 1 is 0.426 bits per heavy atom. The number of aromatic nitrogens is 6. The van der Waals surface area contributed by atoms with Gasteiger partial charge in [0.1, 0.15) is 54.2 Å². The van der Waals surface area contributed by atoms with Gasteiger partial charge < -0.3 is 57.3 Å². The zero-order chi connectivity index (χ0) is 85.2. The number of nitrogens with one attached hydrogen (secondary N) is 3. The fourth-order valence-electron chi connectivity index (χ4n) is 10.8. The Morgan fingerprint density at radius 2 is 0.648 bits per heavy atom. The summed E-state index contributed by atoms with van der Waals surface area (Å²) >= 11 is 0. The number of aliphatic hydroxyl groups is 3. The lowest BCUT2D eigenvalue weighted by molar-refractivity contribution is -0.152. The summed E-state index contributed by atoms with van der Waals surface area (Å²) in [6.07, 6.45) is -12.2. The van der Waals surface area contributed by atoms with Gasteiger partial charge in [-0.3, -0.25) is 71.0 Å². The van der Waals surface area contributed by atoms with Gasteiger partial charge in [0.25, 0.3) is 16.7 Å². The minimum atomic E-state index is -4.41. The summed E-state index contributed by atoms with van der Waals surface area (Å²) in [6, 6.07) is 23.8. The molecule has 0 spiro atoms. The Bertz CT molecular complexity index is 4370. The van der Waals surface area contributed by atoms with Crippen LogP contribution in [0.4, 0.5) is 0 Å². The SMILES string of the molecule is [2H]C([2H])(OP(=O)(C[C@@H](C)C(=O)OC(C)C)Oc1ccccc1)[C@@H]1O[C@H](n2cc(C)c(=O)[nH]c2=O)[C@H](C)C1O.[2H]C([2H])(O[P@@](=O)(C[C@@H](C)C(=O)OC(C)C)Oc1ccccc1)[C@@H]1O[C@H](n2cc(C)c(=O)[nH]c2=O)[C@H](C)C1O.[2H]C([2H])(O[P@](=O)(C[C@@H](C)C(=O)OC(C)C)Oc1ccccc1)[C@@H]1O[C@H](n2cc(C)c(=O)[nH]c2=O)[C@H](C)C1O. The van der Waals surface area contributed by atoms with Crippen LogP contribution in [0.15, 0.2) is 138 Å². The molecule has 6 heterocycles. The maximum atomic E-state index is 13.9. The first-order valence-corrected chi connectivity index (χ1v) is 39.8. The zero-order valence-electron chi connectivity index (χ0n) is 68.2. The first-order chi connectivity index (χ1) is 52.9. The number of rotatable bonds is 30. The lowest BCUT2D eigenvalue weighted by Crippen LogP contribution is -2.35. The van der Waals surface area contributed by atoms with E-state index >= 15 is 0 Å². The molecule has 3 fully saturated rings. The van der Waals surface area contributed by atoms with Crippen LogP contribution in [0.5, 0.6) is 17.2 Å². The lowest BCUT2D eigenvalue weighted by atomic mass is 10.0. The van der Waals surface area contributed by atoms with Gasteiger partial charge in [-0.25, -0.2) is 28.1 Å². The number of aryl methyl sites for hydroxylation is 3. The summed E-state index contributed by atoms with van der Waals surface area (Å²) in [4.78, 5) is 116. The molecule has 3 aromatic carbocycles. The zero-order valence-corrected chi connectivity index (χ0v) is 64.9. The average Bonchev–Trinajstić information content (AvgIpc) is 1.69. The largest absolute Gasteiger partial charge is 0.463 e. The highest BCUT2D eigenvalue weighted by Crippen LogP contribution is 2.54. The minimum Gasteiger partial charge on any atom is -0.463 e. The second-order valence-corrected chi connectivity index (χ2v) is 33.1. The number of H-pyrrole nitrogens is 3. The van der Waals surface area contributed by atoms with Gasteiger partial charge in [0.2, 0.25) is 0 Å². The van der Waals surface area contributed by atoms with Crippen molar-refractivity contribution in [1.29, 1.82) is 0 Å². The predicted octanol–water partition coefficient (Wildman–Crippen LogP) is 7.85. The average molecular weight is 1580 g/mol. The van der Waals surface area contributed by atoms with Gasteiger partial charge in [-0.1, -0.05) is 96.1 Å². The molecular weight excluding hydrogens is 1470 g/mol. The van der Waals surface area contributed by atoms with Gasteiger partial charge in [-0.15, -0.1) is 0 Å². The van der Waals surface area contributed by atoms with E-state index in [1.54, 1.807) is 96.1 Å². The van der Waals surface area contributed by atoms with Gasteiger partial charge in [0.05, 0.1) is 101 Å². The van der Waals surface area contributed by atoms with E-state index < -0.39 is 222 Å². The van der Waals surface area contributed by atoms with E-state index in [-0.39, 0.29) is 33.9 Å². The van der Waals surface area contributed by atoms with Gasteiger partial charge in [-0.05, 0) is 98.7 Å². The molecule has 3 aliphatic rings. The molecule has 108 heavy (non-hydrogen) atoms. The first-order valence-electron chi connectivity index (χ1n) is 37.6. The maximum Gasteiger partial charge on any atom is 0.380 e. The minimum absolute atomic E-state index is 0.116. The summed E-state index contributed by atoms with van der Waals surface area (Å²) in [5.41, 5.74) is -3.54. The molecule has 594 valence electrons. The number of aromatic amines is 3. The van der Waals surface area contributed by atoms with E-state index in [0.717, 1.165) is 13.7 Å². The molecule has 0 aliphatic carbocycles. The number of ether oxygens (including phenoxy) is 6. The smallest absolute Gasteiger partial charge is 0.380 e. The highest BCUT2D eigenvalue weighted by atomic mass is 31.2. The molecule has 0 bridgehead atoms. The molecule has 0 radical (unpaired) electrons. The first kappa shape index (κ1) is 78.0. The van der Waals surface area contributed by atoms with E-state index in [1.807, 2.05) is 0 Å². The molecule has 6 N–H and O–H groups in total. The van der Waals surface area contributed by atoms with E-state index in [1.165, 1.54) is 117 Å². The molecule has 0 amide bonds. The predicted molar refractivity (Wildman–Crippen MR) is 393 cm³/mol. The molecule has 3 aromatic heterocycles. The van der Waals surface area contributed by atoms with Crippen molar-refractivity contribution in [2.45, 2.75) is 177 Å². The highest BCUT2D eigenvalue weighted by Gasteiger charge is 2.48. The summed E-state index contributed by atoms with van der Waals surface area (Å²) < 4.78 is 162. The van der Waals surface area contributed by atoms with E-state index in [0.29, 0.717) is 0 Å². The Morgan fingerprint density at radius 3 is 0.861 bits per heavy atom. The second kappa shape index (κ2) is 38.5. The Kier molecular flexibility index (Phi) is 27.8. The van der Waals surface area contributed by atoms with Crippen LogP contribution in [0.3, 0.4) is 0 Å². The van der Waals surface area contributed by atoms with Crippen LogP contribution in [-0.2, 0) is 70.1 Å². The topological polar surface area (TPSA) is 438 Å². The van der Waals surface area contributed by atoms with Crippen molar-refractivity contribution >= 4 is 40.7 Å². The van der Waals surface area contributed by atoms with Gasteiger partial charge in [-0.2, -0.15) is 0 Å². The van der Waals surface area contributed by atoms with Crippen molar-refractivity contribution in [3.63, 3.8) is 0 Å². The standard InChI is InChI=1S/3C24H33N2O9P/c3*1-14(2)33-23(29)16(4)13-36(31,35-18-9-7-6-8-10-18)32-12-19-20(27)17(5)22(34-19)26-11-15(3)21(28)25-24(26)30/h3*6-11,14,16-17,19-20,22,27H,12-13H2,1-5H3,(H,25,28,30)/t16-,17-,19+,20?,22+,36?;16-,17-,19+,20?,22+,36+;16-,17-,19+,20?,22+,36-/m111/s1/i3*12D2. The van der Waals surface area contributed by atoms with Gasteiger partial charge >= 0.3 is 57.8 Å². The maximum absolute atomic E-state index is 13.9. The van der Waals surface area contributed by atoms with Gasteiger partial charge in [0.15, 0.2) is 0 Å². The van der Waals surface area contributed by atoms with Crippen LogP contribution in [0.1, 0.15) is 127 Å². The number of carbonyl (C=O) groups is 3. The van der Waals surface area contributed by atoms with Crippen molar-refractivity contribution in [2.24, 2.45) is 35.5 Å². The molecule has 4 unspecified atom stereocenters. The monoisotopic (exact) mass is 1580 g/mol. The molecule has 3 aliphatic heterocycles. The van der Waals surface area contributed by atoms with Crippen LogP contribution >= 0.6 is 22.8 Å². The van der Waals surface area contributed by atoms with Crippen LogP contribution < -0.4 is 47.3 Å². The number of nitrogens with zero attached hydrogens (tertiary/aromatic N) is 3. The fraction of sp³-hybridized carbons (Fsp3) is 0.542. The quantitative estimate of drug-likeness (QED) is 0.0142. The van der Waals surface area contributed by atoms with Crippen LogP contribution in [0.2, 0.25) is 0 Å². The number of para-hydroxylation sites is 3. The van der Waals surface area contributed by atoms with E-state index in [4.69, 9.17) is 63.8 Å². The third-order valence-corrected chi connectivity index (χ3v) is 22.3. The molecule has 0 saturated carbocycles. The van der Waals surface area contributed by atoms with Crippen molar-refractivity contribution in [1.82, 2.24) is 28.7 Å². The fourth-order valence-corrected chi connectivity index (χ4v) is 16.0. The Hall–Kier alpha value is -8.16. The molecule has 3 saturated heterocycles. The second-order valence-electron chi connectivity index (χ2n) is 27.2. The number of esters is 3. The highest BCUT2D eigenvalue weighted by molar-refractivity contribution is 7.55. The van der Waals surface area contributed by atoms with Gasteiger partial charge in [0, 0.05) is 53.0 Å². The summed E-state index contributed by atoms with van der Waals surface area (Å²) in [5.74, 6) is -7.06. The molecular formula is C72H99N6O27P3. The Balaban J connectivity index is 0.000000237. The molecule has 33 nitrogen and oxygen atoms in total. The normalized spacial score (nSPS) is 25.5. The van der Waals surface area contributed by atoms with Crippen molar-refractivity contribution in [2.75, 3.05) is 38.2 Å².